The molecule has 162 valence electrons. The monoisotopic (exact) mass is 460 g/mol. The fraction of sp³-hybridized carbons (Fsp3) is 0.0500. The molecular formula is C20H12ClF3N6O2. The predicted octanol–water partition coefficient (Wildman–Crippen LogP) is 5.10. The summed E-state index contributed by atoms with van der Waals surface area (Å²) >= 11 is 5.88. The molecule has 0 saturated carbocycles. The van der Waals surface area contributed by atoms with Gasteiger partial charge in [0.2, 0.25) is 11.2 Å². The molecule has 0 radical (unpaired) electrons. The number of aromatic nitrogens is 6. The van der Waals surface area contributed by atoms with E-state index in [9.17, 15) is 18.3 Å². The molecule has 0 saturated heterocycles. The van der Waals surface area contributed by atoms with Crippen molar-refractivity contribution in [3.8, 4) is 28.8 Å². The zero-order valence-corrected chi connectivity index (χ0v) is 16.6. The Kier molecular flexibility index (Phi) is 5.73. The summed E-state index contributed by atoms with van der Waals surface area (Å²) in [6.07, 6.45) is -0.693. The van der Waals surface area contributed by atoms with Gasteiger partial charge in [0, 0.05) is 34.3 Å². The molecule has 0 bridgehead atoms. The molecule has 0 unspecified atom stereocenters. The molecule has 8 nitrogen and oxygen atoms in total. The summed E-state index contributed by atoms with van der Waals surface area (Å²) in [5.41, 5.74) is -0.369. The number of fused-ring (bicyclic) bond motifs is 1. The lowest BCUT2D eigenvalue weighted by Crippen LogP contribution is -2.05. The van der Waals surface area contributed by atoms with E-state index in [2.05, 4.69) is 30.4 Å². The molecule has 0 aliphatic rings. The number of hydrogen-bond acceptors (Lipinski definition) is 7. The van der Waals surface area contributed by atoms with E-state index in [1.807, 2.05) is 0 Å². The second-order valence-electron chi connectivity index (χ2n) is 6.33. The van der Waals surface area contributed by atoms with Crippen LogP contribution in [0.5, 0.6) is 17.6 Å². The summed E-state index contributed by atoms with van der Waals surface area (Å²) < 4.78 is 46.0. The third-order valence-electron chi connectivity index (χ3n) is 4.25. The average Bonchev–Trinajstić information content (AvgIpc) is 2.84. The Balaban J connectivity index is 1.94. The minimum absolute atomic E-state index is 0.0810. The van der Waals surface area contributed by atoms with Crippen molar-refractivity contribution in [3.05, 3.63) is 71.9 Å². The Labute approximate surface area is 183 Å². The van der Waals surface area contributed by atoms with E-state index in [0.29, 0.717) is 16.3 Å². The van der Waals surface area contributed by atoms with Gasteiger partial charge < -0.3 is 9.84 Å². The lowest BCUT2D eigenvalue weighted by molar-refractivity contribution is -0.137. The van der Waals surface area contributed by atoms with E-state index in [-0.39, 0.29) is 22.5 Å². The minimum atomic E-state index is -4.61. The van der Waals surface area contributed by atoms with Gasteiger partial charge in [-0.1, -0.05) is 18.2 Å². The number of alkyl halides is 3. The first kappa shape index (κ1) is 21.2. The highest BCUT2D eigenvalue weighted by atomic mass is 35.5. The van der Waals surface area contributed by atoms with E-state index in [0.717, 1.165) is 12.1 Å². The fourth-order valence-corrected chi connectivity index (χ4v) is 2.88. The summed E-state index contributed by atoms with van der Waals surface area (Å²) in [6.45, 7) is 0. The van der Waals surface area contributed by atoms with Crippen LogP contribution in [0, 0.1) is 0 Å². The van der Waals surface area contributed by atoms with Crippen molar-refractivity contribution < 1.29 is 23.0 Å². The van der Waals surface area contributed by atoms with E-state index >= 15 is 0 Å². The van der Waals surface area contributed by atoms with Crippen LogP contribution in [-0.2, 0) is 6.18 Å². The Morgan fingerprint density at radius 1 is 1.00 bits per heavy atom. The number of halogens is 4. The number of benzene rings is 2. The maximum Gasteiger partial charge on any atom is 0.416 e. The zero-order chi connectivity index (χ0) is 22.7. The molecule has 2 N–H and O–H groups in total. The highest BCUT2D eigenvalue weighted by Crippen LogP contribution is 2.39. The largest absolute Gasteiger partial charge is 0.479 e. The molecule has 12 heteroatoms. The van der Waals surface area contributed by atoms with Gasteiger partial charge in [0.15, 0.2) is 0 Å². The summed E-state index contributed by atoms with van der Waals surface area (Å²) in [4.78, 5) is 7.35. The predicted molar refractivity (Wildman–Crippen MR) is 109 cm³/mol. The summed E-state index contributed by atoms with van der Waals surface area (Å²) in [5, 5.41) is 24.1. The molecule has 4 rings (SSSR count). The maximum absolute atomic E-state index is 13.4. The minimum Gasteiger partial charge on any atom is -0.479 e. The van der Waals surface area contributed by atoms with Crippen molar-refractivity contribution >= 4 is 22.4 Å². The zero-order valence-electron chi connectivity index (χ0n) is 15.9. The average molecular weight is 461 g/mol. The van der Waals surface area contributed by atoms with Crippen LogP contribution in [0.2, 0.25) is 5.28 Å². The molecule has 2 aromatic carbocycles. The Morgan fingerprint density at radius 3 is 2.50 bits per heavy atom. The maximum atomic E-state index is 13.4. The molecule has 0 aliphatic heterocycles. The second-order valence-corrected chi connectivity index (χ2v) is 6.69. The first-order chi connectivity index (χ1) is 15.3. The second kappa shape index (κ2) is 8.63. The number of aromatic hydroxyl groups is 1. The number of ether oxygens (including phenoxy) is 1. The van der Waals surface area contributed by atoms with Crippen LogP contribution in [0.1, 0.15) is 5.56 Å². The SMILES string of the molecule is Oc1ncc(-c2ccc(C(F)(F)F)cc2Oc2n[nH]c(Cl)nncc3ccccc23)cn1. The van der Waals surface area contributed by atoms with Crippen LogP contribution >= 0.6 is 11.6 Å². The van der Waals surface area contributed by atoms with Crippen molar-refractivity contribution in [1.82, 2.24) is 30.4 Å². The lowest BCUT2D eigenvalue weighted by atomic mass is 10.0. The summed E-state index contributed by atoms with van der Waals surface area (Å²) in [7, 11) is 0. The summed E-state index contributed by atoms with van der Waals surface area (Å²) in [5.74, 6) is -0.253. The molecule has 0 amide bonds. The number of hydrogen-bond donors (Lipinski definition) is 2. The van der Waals surface area contributed by atoms with Gasteiger partial charge in [0.25, 0.3) is 0 Å². The van der Waals surface area contributed by atoms with Crippen molar-refractivity contribution in [1.29, 1.82) is 0 Å². The van der Waals surface area contributed by atoms with Crippen LogP contribution in [0.4, 0.5) is 13.2 Å². The molecule has 32 heavy (non-hydrogen) atoms. The van der Waals surface area contributed by atoms with E-state index < -0.39 is 17.8 Å². The molecule has 0 spiro atoms. The van der Waals surface area contributed by atoms with Gasteiger partial charge in [-0.3, -0.25) is 0 Å². The Morgan fingerprint density at radius 2 is 1.75 bits per heavy atom. The van der Waals surface area contributed by atoms with Gasteiger partial charge in [-0.15, -0.1) is 10.2 Å². The van der Waals surface area contributed by atoms with Gasteiger partial charge in [-0.25, -0.2) is 15.1 Å². The third-order valence-corrected chi connectivity index (χ3v) is 4.41. The van der Waals surface area contributed by atoms with Crippen LogP contribution in [-0.4, -0.2) is 35.5 Å². The van der Waals surface area contributed by atoms with Crippen molar-refractivity contribution in [2.75, 3.05) is 0 Å². The van der Waals surface area contributed by atoms with Gasteiger partial charge in [-0.2, -0.15) is 18.3 Å². The quantitative estimate of drug-likeness (QED) is 0.437. The Hall–Kier alpha value is -3.99. The molecule has 0 aliphatic carbocycles. The molecular weight excluding hydrogens is 449 g/mol. The van der Waals surface area contributed by atoms with Crippen molar-refractivity contribution in [2.24, 2.45) is 0 Å². The standard InChI is InChI=1S/C20H12ClF3N6O2/c21-18-29-27-10-11-3-1-2-4-15(11)17(28-30-18)32-16-7-13(20(22,23)24)5-6-14(16)12-8-25-19(31)26-9-12/h1-10H,(H,29,30)(H,25,26,31). The van der Waals surface area contributed by atoms with Gasteiger partial charge in [0.1, 0.15) is 5.75 Å². The number of H-pyrrole nitrogens is 1. The van der Waals surface area contributed by atoms with Crippen LogP contribution in [0.15, 0.2) is 61.1 Å². The third kappa shape index (κ3) is 4.67. The molecule has 2 heterocycles. The first-order valence-corrected chi connectivity index (χ1v) is 9.29. The fourth-order valence-electron chi connectivity index (χ4n) is 2.79. The number of aromatic amines is 1. The van der Waals surface area contributed by atoms with E-state index in [1.165, 1.54) is 24.7 Å². The van der Waals surface area contributed by atoms with Crippen LogP contribution in [0.3, 0.4) is 0 Å². The van der Waals surface area contributed by atoms with Gasteiger partial charge >= 0.3 is 12.2 Å². The number of rotatable bonds is 3. The molecule has 0 atom stereocenters. The molecule has 4 aromatic rings. The normalized spacial score (nSPS) is 11.2. The highest BCUT2D eigenvalue weighted by molar-refractivity contribution is 6.28. The van der Waals surface area contributed by atoms with Gasteiger partial charge in [-0.05, 0) is 35.9 Å². The van der Waals surface area contributed by atoms with E-state index in [1.54, 1.807) is 24.3 Å². The highest BCUT2D eigenvalue weighted by Gasteiger charge is 2.31. The Bertz CT molecular complexity index is 1330. The topological polar surface area (TPSA) is 110 Å². The molecule has 0 fully saturated rings. The summed E-state index contributed by atoms with van der Waals surface area (Å²) in [6, 6.07) is 9.28. The van der Waals surface area contributed by atoms with Crippen molar-refractivity contribution in [2.45, 2.75) is 6.18 Å². The van der Waals surface area contributed by atoms with Crippen LogP contribution in [0.25, 0.3) is 21.9 Å². The first-order valence-electron chi connectivity index (χ1n) is 8.91. The van der Waals surface area contributed by atoms with Crippen LogP contribution < -0.4 is 4.74 Å². The molecule has 2 aromatic heterocycles. The number of nitrogens with one attached hydrogen (secondary N) is 1. The van der Waals surface area contributed by atoms with E-state index in [4.69, 9.17) is 16.3 Å². The number of nitrogens with zero attached hydrogens (tertiary/aromatic N) is 5. The smallest absolute Gasteiger partial charge is 0.416 e. The lowest BCUT2D eigenvalue weighted by Gasteiger charge is -2.14. The van der Waals surface area contributed by atoms with Gasteiger partial charge in [0.05, 0.1) is 11.8 Å². The van der Waals surface area contributed by atoms with Crippen molar-refractivity contribution in [3.63, 3.8) is 0 Å².